The zero-order valence-electron chi connectivity index (χ0n) is 21.3. The van der Waals surface area contributed by atoms with Crippen LogP contribution in [-0.2, 0) is 9.22 Å². The van der Waals surface area contributed by atoms with Gasteiger partial charge in [-0.05, 0) is 65.5 Å². The topological polar surface area (TPSA) is 73.9 Å². The molecule has 32 heavy (non-hydrogen) atoms. The summed E-state index contributed by atoms with van der Waals surface area (Å²) in [5.74, 6) is 0.486. The van der Waals surface area contributed by atoms with Gasteiger partial charge in [0.2, 0.25) is 8.32 Å². The van der Waals surface area contributed by atoms with Crippen LogP contribution in [0.15, 0.2) is 12.2 Å². The Labute approximate surface area is 196 Å². The molecule has 0 aromatic carbocycles. The fourth-order valence-electron chi connectivity index (χ4n) is 8.29. The van der Waals surface area contributed by atoms with E-state index in [0.717, 1.165) is 19.1 Å². The summed E-state index contributed by atoms with van der Waals surface area (Å²) < 4.78 is 7.24. The van der Waals surface area contributed by atoms with Crippen LogP contribution in [0.3, 0.4) is 0 Å². The molecule has 4 nitrogen and oxygen atoms in total. The number of fused-ring (bicyclic) bond motifs is 3. The monoisotopic (exact) mass is 454 g/mol. The lowest BCUT2D eigenvalue weighted by molar-refractivity contribution is -0.141. The number of rotatable bonds is 6. The van der Waals surface area contributed by atoms with Crippen molar-refractivity contribution >= 4 is 14.6 Å². The average molecular weight is 455 g/mol. The Balaban J connectivity index is 1.98. The molecule has 2 saturated carbocycles. The van der Waals surface area contributed by atoms with Crippen molar-refractivity contribution in [2.75, 3.05) is 0 Å². The van der Waals surface area contributed by atoms with Gasteiger partial charge < -0.3 is 9.22 Å². The number of carbonyl (C=O) groups excluding carboxylic acids is 1. The lowest BCUT2D eigenvalue weighted by Gasteiger charge is -2.59. The minimum Gasteiger partial charge on any atom is -0.413 e. The molecule has 176 valence electrons. The van der Waals surface area contributed by atoms with Crippen LogP contribution in [0.4, 0.5) is 0 Å². The lowest BCUT2D eigenvalue weighted by Crippen LogP contribution is -2.59. The van der Waals surface area contributed by atoms with Crippen LogP contribution in [-0.4, -0.2) is 20.7 Å². The second-order valence-electron chi connectivity index (χ2n) is 12.2. The van der Waals surface area contributed by atoms with Crippen molar-refractivity contribution in [2.24, 2.45) is 34.0 Å². The molecular formula is C27H42N2O2Si. The zero-order chi connectivity index (χ0) is 24.1. The van der Waals surface area contributed by atoms with Gasteiger partial charge in [-0.25, -0.2) is 0 Å². The summed E-state index contributed by atoms with van der Waals surface area (Å²) in [4.78, 5) is 12.8. The van der Waals surface area contributed by atoms with Gasteiger partial charge in [-0.1, -0.05) is 67.5 Å². The first-order chi connectivity index (χ1) is 14.9. The van der Waals surface area contributed by atoms with E-state index < -0.39 is 19.1 Å². The molecular weight excluding hydrogens is 412 g/mol. The lowest BCUT2D eigenvalue weighted by atomic mass is 9.46. The predicted octanol–water partition coefficient (Wildman–Crippen LogP) is 6.80. The molecule has 3 aliphatic carbocycles. The van der Waals surface area contributed by atoms with E-state index in [2.05, 4.69) is 79.7 Å². The van der Waals surface area contributed by atoms with Gasteiger partial charge >= 0.3 is 0 Å². The first-order valence-electron chi connectivity index (χ1n) is 12.5. The van der Waals surface area contributed by atoms with Gasteiger partial charge in [-0.15, -0.1) is 0 Å². The van der Waals surface area contributed by atoms with Crippen LogP contribution >= 0.6 is 0 Å². The fraction of sp³-hybridized carbons (Fsp3) is 0.815. The number of aldehydes is 1. The molecule has 0 N–H and O–H groups in total. The number of carbonyl (C=O) groups is 1. The van der Waals surface area contributed by atoms with E-state index >= 15 is 0 Å². The van der Waals surface area contributed by atoms with Gasteiger partial charge in [0.25, 0.3) is 0 Å². The third-order valence-electron chi connectivity index (χ3n) is 9.98. The van der Waals surface area contributed by atoms with Crippen LogP contribution in [0.1, 0.15) is 81.1 Å². The number of nitrogens with zero attached hydrogens (tertiary/aromatic N) is 2. The zero-order valence-corrected chi connectivity index (χ0v) is 22.3. The summed E-state index contributed by atoms with van der Waals surface area (Å²) >= 11 is 0. The van der Waals surface area contributed by atoms with E-state index in [1.807, 2.05) is 0 Å². The van der Waals surface area contributed by atoms with Crippen molar-refractivity contribution in [3.05, 3.63) is 12.2 Å². The molecule has 5 heteroatoms. The molecule has 0 aliphatic heterocycles. The molecule has 0 heterocycles. The average Bonchev–Trinajstić information content (AvgIpc) is 3.09. The van der Waals surface area contributed by atoms with E-state index in [1.54, 1.807) is 0 Å². The molecule has 0 bridgehead atoms. The Morgan fingerprint density at radius 1 is 1.06 bits per heavy atom. The van der Waals surface area contributed by atoms with Crippen LogP contribution in [0, 0.1) is 56.7 Å². The minimum atomic E-state index is -2.01. The summed E-state index contributed by atoms with van der Waals surface area (Å²) in [5, 5.41) is 19.6. The maximum atomic E-state index is 12.8. The van der Waals surface area contributed by atoms with Gasteiger partial charge in [0, 0.05) is 11.5 Å². The summed E-state index contributed by atoms with van der Waals surface area (Å²) in [6.07, 6.45) is 8.45. The Morgan fingerprint density at radius 2 is 1.62 bits per heavy atom. The van der Waals surface area contributed by atoms with Gasteiger partial charge in [0.1, 0.15) is 11.7 Å². The van der Waals surface area contributed by atoms with Gasteiger partial charge in [0.05, 0.1) is 12.1 Å². The van der Waals surface area contributed by atoms with E-state index in [0.29, 0.717) is 35.4 Å². The predicted molar refractivity (Wildman–Crippen MR) is 130 cm³/mol. The van der Waals surface area contributed by atoms with Crippen molar-refractivity contribution in [2.45, 2.75) is 104 Å². The minimum absolute atomic E-state index is 0.0272. The Bertz CT molecular complexity index is 815. The van der Waals surface area contributed by atoms with Crippen LogP contribution < -0.4 is 0 Å². The maximum absolute atomic E-state index is 12.8. The number of hydrogen-bond donors (Lipinski definition) is 0. The van der Waals surface area contributed by atoms with Gasteiger partial charge in [-0.3, -0.25) is 0 Å². The summed E-state index contributed by atoms with van der Waals surface area (Å²) in [5.41, 5.74) is -0.327. The molecule has 3 rings (SSSR count). The Kier molecular flexibility index (Phi) is 6.62. The van der Waals surface area contributed by atoms with Crippen LogP contribution in [0.5, 0.6) is 0 Å². The van der Waals surface area contributed by atoms with Crippen molar-refractivity contribution in [1.29, 1.82) is 10.5 Å². The van der Waals surface area contributed by atoms with Crippen molar-refractivity contribution in [3.8, 4) is 12.1 Å². The normalized spacial score (nSPS) is 38.3. The van der Waals surface area contributed by atoms with E-state index in [1.165, 1.54) is 0 Å². The van der Waals surface area contributed by atoms with E-state index in [9.17, 15) is 15.3 Å². The molecule has 6 atom stereocenters. The molecule has 0 aromatic rings. The van der Waals surface area contributed by atoms with E-state index in [4.69, 9.17) is 4.43 Å². The summed E-state index contributed by atoms with van der Waals surface area (Å²) in [7, 11) is -2.01. The highest BCUT2D eigenvalue weighted by atomic mass is 28.4. The van der Waals surface area contributed by atoms with Crippen molar-refractivity contribution in [3.63, 3.8) is 0 Å². The molecule has 0 amide bonds. The van der Waals surface area contributed by atoms with Gasteiger partial charge in [-0.2, -0.15) is 10.5 Å². The molecule has 2 fully saturated rings. The first kappa shape index (κ1) is 25.2. The number of allylic oxidation sites excluding steroid dienone is 2. The standard InChI is InChI=1S/C27H42N2O2Si/c1-18(2)32(19(3)4,20(5)6)31-24-11-12-25(8)23(21(24)7)10-9-22-13-26(15-28,16-29)14-27(22,25)17-30/h9-10,17-24H,11-14H2,1-8H3/t21-,22-,23?,24-,25-,27-/m0/s1. The molecule has 0 aromatic heterocycles. The first-order valence-corrected chi connectivity index (χ1v) is 14.7. The Hall–Kier alpha value is -1.43. The smallest absolute Gasteiger partial charge is 0.200 e. The van der Waals surface area contributed by atoms with Crippen LogP contribution in [0.25, 0.3) is 0 Å². The molecule has 1 unspecified atom stereocenters. The highest BCUT2D eigenvalue weighted by molar-refractivity contribution is 6.77. The molecule has 3 aliphatic rings. The second-order valence-corrected chi connectivity index (χ2v) is 17.6. The van der Waals surface area contributed by atoms with Crippen LogP contribution in [0.2, 0.25) is 16.6 Å². The third-order valence-corrected chi connectivity index (χ3v) is 16.1. The largest absolute Gasteiger partial charge is 0.413 e. The molecule has 0 saturated heterocycles. The highest BCUT2D eigenvalue weighted by Crippen LogP contribution is 2.69. The third kappa shape index (κ3) is 3.26. The molecule has 0 radical (unpaired) electrons. The second kappa shape index (κ2) is 8.41. The summed E-state index contributed by atoms with van der Waals surface area (Å²) in [6.45, 7) is 18.5. The number of nitriles is 2. The maximum Gasteiger partial charge on any atom is 0.200 e. The Morgan fingerprint density at radius 3 is 2.09 bits per heavy atom. The molecule has 0 spiro atoms. The SMILES string of the molecule is CC(C)[Si](O[C@H]1CC[C@@]2(C)C(C=C[C@H]3CC(C#N)(C#N)C[C@]32C=O)[C@@H]1C)(C(C)C)C(C)C. The quantitative estimate of drug-likeness (QED) is 0.251. The van der Waals surface area contributed by atoms with Crippen molar-refractivity contribution < 1.29 is 9.22 Å². The van der Waals surface area contributed by atoms with Gasteiger partial charge in [0.15, 0.2) is 0 Å². The van der Waals surface area contributed by atoms with Crippen molar-refractivity contribution in [1.82, 2.24) is 0 Å². The number of hydrogen-bond acceptors (Lipinski definition) is 4. The summed E-state index contributed by atoms with van der Waals surface area (Å²) in [6, 6.07) is 4.54. The highest BCUT2D eigenvalue weighted by Gasteiger charge is 2.67. The fourth-order valence-corrected chi connectivity index (χ4v) is 14.0. The van der Waals surface area contributed by atoms with E-state index in [-0.39, 0.29) is 23.4 Å².